The van der Waals surface area contributed by atoms with Crippen molar-refractivity contribution in [3.05, 3.63) is 83.2 Å². The minimum atomic E-state index is -0.688. The van der Waals surface area contributed by atoms with Gasteiger partial charge in [-0.05, 0) is 60.9 Å². The Morgan fingerprint density at radius 1 is 0.909 bits per heavy atom. The Balaban J connectivity index is 1.57. The zero-order chi connectivity index (χ0) is 23.4. The number of aliphatic hydroxyl groups is 1. The summed E-state index contributed by atoms with van der Waals surface area (Å²) in [5, 5.41) is 10.8. The van der Waals surface area contributed by atoms with Crippen LogP contribution in [0.5, 0.6) is 17.2 Å². The number of hydrogen-bond donors (Lipinski definition) is 1. The molecule has 0 fully saturated rings. The highest BCUT2D eigenvalue weighted by molar-refractivity contribution is 5.76. The monoisotopic (exact) mass is 446 g/mol. The predicted molar refractivity (Wildman–Crippen MR) is 130 cm³/mol. The Morgan fingerprint density at radius 3 is 2.48 bits per heavy atom. The molecule has 1 heterocycles. The molecule has 0 aliphatic carbocycles. The lowest BCUT2D eigenvalue weighted by molar-refractivity contribution is 0.0924. The first kappa shape index (κ1) is 22.7. The van der Waals surface area contributed by atoms with Crippen LogP contribution in [0.15, 0.2) is 60.7 Å². The number of aromatic nitrogens is 2. The SMILES string of the molecule is COc1ccc(Cc2nc3ccccc3n2CC(O)COc2cc(C)ccc2C)cc1OC. The third-order valence-corrected chi connectivity index (χ3v) is 5.71. The van der Waals surface area contributed by atoms with Gasteiger partial charge in [0, 0.05) is 6.42 Å². The molecule has 0 aliphatic rings. The summed E-state index contributed by atoms with van der Waals surface area (Å²) in [4.78, 5) is 4.84. The van der Waals surface area contributed by atoms with Gasteiger partial charge >= 0.3 is 0 Å². The number of para-hydroxylation sites is 2. The number of hydrogen-bond acceptors (Lipinski definition) is 5. The molecule has 4 rings (SSSR count). The van der Waals surface area contributed by atoms with E-state index in [2.05, 4.69) is 10.6 Å². The number of imidazole rings is 1. The van der Waals surface area contributed by atoms with Crippen molar-refractivity contribution in [1.29, 1.82) is 0 Å². The lowest BCUT2D eigenvalue weighted by Gasteiger charge is -2.17. The molecule has 0 amide bonds. The lowest BCUT2D eigenvalue weighted by atomic mass is 10.1. The molecule has 0 saturated carbocycles. The zero-order valence-corrected chi connectivity index (χ0v) is 19.5. The van der Waals surface area contributed by atoms with E-state index in [1.54, 1.807) is 14.2 Å². The average Bonchev–Trinajstić information content (AvgIpc) is 3.16. The van der Waals surface area contributed by atoms with Crippen LogP contribution in [0.25, 0.3) is 11.0 Å². The van der Waals surface area contributed by atoms with Crippen LogP contribution >= 0.6 is 0 Å². The number of ether oxygens (including phenoxy) is 3. The van der Waals surface area contributed by atoms with Crippen molar-refractivity contribution in [3.63, 3.8) is 0 Å². The Labute approximate surface area is 194 Å². The highest BCUT2D eigenvalue weighted by Gasteiger charge is 2.16. The molecule has 6 heteroatoms. The van der Waals surface area contributed by atoms with Crippen LogP contribution in [0.4, 0.5) is 0 Å². The molecule has 0 bridgehead atoms. The zero-order valence-electron chi connectivity index (χ0n) is 19.5. The quantitative estimate of drug-likeness (QED) is 0.404. The fourth-order valence-electron chi connectivity index (χ4n) is 3.95. The standard InChI is InChI=1S/C27H30N2O4/c1-18-9-10-19(2)25(13-18)33-17-21(30)16-29-23-8-6-5-7-22(23)28-27(29)15-20-11-12-24(31-3)26(14-20)32-4/h5-14,21,30H,15-17H2,1-4H3. The molecule has 0 spiro atoms. The molecule has 0 aliphatic heterocycles. The second-order valence-electron chi connectivity index (χ2n) is 8.23. The third-order valence-electron chi connectivity index (χ3n) is 5.71. The van der Waals surface area contributed by atoms with Gasteiger partial charge in [0.05, 0.1) is 31.8 Å². The second kappa shape index (κ2) is 9.96. The molecule has 0 radical (unpaired) electrons. The number of fused-ring (bicyclic) bond motifs is 1. The number of nitrogens with zero attached hydrogens (tertiary/aromatic N) is 2. The van der Waals surface area contributed by atoms with Crippen LogP contribution in [-0.2, 0) is 13.0 Å². The van der Waals surface area contributed by atoms with E-state index in [4.69, 9.17) is 19.2 Å². The molecule has 172 valence electrons. The van der Waals surface area contributed by atoms with Gasteiger partial charge in [0.2, 0.25) is 0 Å². The summed E-state index contributed by atoms with van der Waals surface area (Å²) in [6, 6.07) is 19.9. The van der Waals surface area contributed by atoms with E-state index in [-0.39, 0.29) is 6.61 Å². The highest BCUT2D eigenvalue weighted by Crippen LogP contribution is 2.29. The van der Waals surface area contributed by atoms with Gasteiger partial charge in [-0.1, -0.05) is 30.3 Å². The van der Waals surface area contributed by atoms with E-state index in [0.29, 0.717) is 24.5 Å². The van der Waals surface area contributed by atoms with Gasteiger partial charge in [-0.2, -0.15) is 0 Å². The Kier molecular flexibility index (Phi) is 6.84. The topological polar surface area (TPSA) is 65.7 Å². The lowest BCUT2D eigenvalue weighted by Crippen LogP contribution is -2.25. The number of aliphatic hydroxyl groups excluding tert-OH is 1. The Hall–Kier alpha value is -3.51. The molecule has 6 nitrogen and oxygen atoms in total. The van der Waals surface area contributed by atoms with Gasteiger partial charge in [0.1, 0.15) is 24.3 Å². The average molecular weight is 447 g/mol. The summed E-state index contributed by atoms with van der Waals surface area (Å²) in [5.41, 5.74) is 5.11. The first-order valence-electron chi connectivity index (χ1n) is 11.0. The molecule has 1 unspecified atom stereocenters. The van der Waals surface area contributed by atoms with Crippen LogP contribution in [0.3, 0.4) is 0 Å². The van der Waals surface area contributed by atoms with Crippen LogP contribution in [0.1, 0.15) is 22.5 Å². The second-order valence-corrected chi connectivity index (χ2v) is 8.23. The van der Waals surface area contributed by atoms with Crippen molar-refractivity contribution in [1.82, 2.24) is 9.55 Å². The normalized spacial score (nSPS) is 12.0. The van der Waals surface area contributed by atoms with Gasteiger partial charge in [0.25, 0.3) is 0 Å². The summed E-state index contributed by atoms with van der Waals surface area (Å²) in [7, 11) is 3.25. The summed E-state index contributed by atoms with van der Waals surface area (Å²) in [6.07, 6.45) is -0.0914. The van der Waals surface area contributed by atoms with Gasteiger partial charge in [-0.25, -0.2) is 4.98 Å². The molecular formula is C27H30N2O4. The van der Waals surface area contributed by atoms with Crippen molar-refractivity contribution in [2.45, 2.75) is 32.9 Å². The largest absolute Gasteiger partial charge is 0.493 e. The summed E-state index contributed by atoms with van der Waals surface area (Å²) < 4.78 is 18.8. The van der Waals surface area contributed by atoms with E-state index in [0.717, 1.165) is 39.3 Å². The van der Waals surface area contributed by atoms with Crippen molar-refractivity contribution < 1.29 is 19.3 Å². The van der Waals surface area contributed by atoms with E-state index < -0.39 is 6.10 Å². The van der Waals surface area contributed by atoms with Crippen LogP contribution < -0.4 is 14.2 Å². The summed E-state index contributed by atoms with van der Waals surface area (Å²) >= 11 is 0. The fraction of sp³-hybridized carbons (Fsp3) is 0.296. The summed E-state index contributed by atoms with van der Waals surface area (Å²) in [5.74, 6) is 3.04. The smallest absolute Gasteiger partial charge is 0.161 e. The molecule has 0 saturated heterocycles. The van der Waals surface area contributed by atoms with Crippen molar-refractivity contribution >= 4 is 11.0 Å². The van der Waals surface area contributed by atoms with Gasteiger partial charge < -0.3 is 23.9 Å². The van der Waals surface area contributed by atoms with Gasteiger partial charge in [0.15, 0.2) is 11.5 Å². The van der Waals surface area contributed by atoms with E-state index >= 15 is 0 Å². The maximum atomic E-state index is 10.8. The van der Waals surface area contributed by atoms with Crippen LogP contribution in [-0.4, -0.2) is 41.6 Å². The van der Waals surface area contributed by atoms with E-state index in [1.807, 2.05) is 68.4 Å². The molecule has 1 aromatic heterocycles. The van der Waals surface area contributed by atoms with Gasteiger partial charge in [-0.3, -0.25) is 0 Å². The van der Waals surface area contributed by atoms with Crippen molar-refractivity contribution in [2.75, 3.05) is 20.8 Å². The Morgan fingerprint density at radius 2 is 1.70 bits per heavy atom. The fourth-order valence-corrected chi connectivity index (χ4v) is 3.95. The molecule has 3 aromatic carbocycles. The molecular weight excluding hydrogens is 416 g/mol. The minimum absolute atomic E-state index is 0.201. The molecule has 1 atom stereocenters. The van der Waals surface area contributed by atoms with Crippen LogP contribution in [0, 0.1) is 13.8 Å². The number of methoxy groups -OCH3 is 2. The van der Waals surface area contributed by atoms with E-state index in [1.165, 1.54) is 0 Å². The number of benzene rings is 3. The maximum absolute atomic E-state index is 10.8. The molecule has 1 N–H and O–H groups in total. The van der Waals surface area contributed by atoms with Crippen LogP contribution in [0.2, 0.25) is 0 Å². The first-order chi connectivity index (χ1) is 16.0. The van der Waals surface area contributed by atoms with Crippen molar-refractivity contribution in [3.8, 4) is 17.2 Å². The highest BCUT2D eigenvalue weighted by atomic mass is 16.5. The maximum Gasteiger partial charge on any atom is 0.161 e. The number of rotatable bonds is 9. The molecule has 4 aromatic rings. The number of aryl methyl sites for hydroxylation is 2. The first-order valence-corrected chi connectivity index (χ1v) is 11.0. The Bertz CT molecular complexity index is 1250. The predicted octanol–water partition coefficient (Wildman–Crippen LogP) is 4.70. The summed E-state index contributed by atoms with van der Waals surface area (Å²) in [6.45, 7) is 4.62. The van der Waals surface area contributed by atoms with Gasteiger partial charge in [-0.15, -0.1) is 0 Å². The third kappa shape index (κ3) is 5.12. The van der Waals surface area contributed by atoms with E-state index in [9.17, 15) is 5.11 Å². The van der Waals surface area contributed by atoms with Crippen molar-refractivity contribution in [2.24, 2.45) is 0 Å². The minimum Gasteiger partial charge on any atom is -0.493 e. The molecule has 33 heavy (non-hydrogen) atoms.